The van der Waals surface area contributed by atoms with Crippen LogP contribution in [0.25, 0.3) is 10.8 Å². The molecule has 0 saturated heterocycles. The largest absolute Gasteiger partial charge is 0.493 e. The molecule has 0 aliphatic heterocycles. The lowest BCUT2D eigenvalue weighted by Crippen LogP contribution is -2.10. The van der Waals surface area contributed by atoms with Gasteiger partial charge in [0.15, 0.2) is 11.5 Å². The van der Waals surface area contributed by atoms with E-state index in [0.29, 0.717) is 11.5 Å². The van der Waals surface area contributed by atoms with Gasteiger partial charge in [0.05, 0.1) is 25.9 Å². The van der Waals surface area contributed by atoms with Gasteiger partial charge in [0, 0.05) is 28.6 Å². The summed E-state index contributed by atoms with van der Waals surface area (Å²) in [4.78, 5) is 28.9. The zero-order valence-electron chi connectivity index (χ0n) is 16.9. The molecular weight excluding hydrogens is 393 g/mol. The van der Waals surface area contributed by atoms with E-state index in [4.69, 9.17) is 14.2 Å². The van der Waals surface area contributed by atoms with Gasteiger partial charge in [-0.2, -0.15) is 0 Å². The summed E-state index contributed by atoms with van der Waals surface area (Å²) in [6.45, 7) is 3.57. The van der Waals surface area contributed by atoms with Gasteiger partial charge in [-0.25, -0.2) is 9.18 Å². The van der Waals surface area contributed by atoms with Crippen LogP contribution in [-0.4, -0.2) is 42.2 Å². The average molecular weight is 413 g/mol. The molecule has 1 heterocycles. The number of carboxylic acids is 1. The van der Waals surface area contributed by atoms with Gasteiger partial charge >= 0.3 is 5.97 Å². The van der Waals surface area contributed by atoms with Gasteiger partial charge in [-0.15, -0.1) is 0 Å². The van der Waals surface area contributed by atoms with E-state index in [1.54, 1.807) is 13.8 Å². The zero-order valence-corrected chi connectivity index (χ0v) is 16.9. The predicted molar refractivity (Wildman–Crippen MR) is 107 cm³/mol. The molecule has 0 bridgehead atoms. The number of pyridine rings is 1. The molecule has 0 atom stereocenters. The summed E-state index contributed by atoms with van der Waals surface area (Å²) >= 11 is 0. The van der Waals surface area contributed by atoms with Gasteiger partial charge in [-0.1, -0.05) is 0 Å². The highest BCUT2D eigenvalue weighted by Crippen LogP contribution is 2.35. The number of carbonyl (C=O) groups excluding carboxylic acids is 1. The van der Waals surface area contributed by atoms with Crippen molar-refractivity contribution in [1.82, 2.24) is 4.98 Å². The van der Waals surface area contributed by atoms with Crippen LogP contribution in [0.3, 0.4) is 0 Å². The van der Waals surface area contributed by atoms with E-state index in [-0.39, 0.29) is 39.4 Å². The summed E-state index contributed by atoms with van der Waals surface area (Å²) in [7, 11) is 2.84. The van der Waals surface area contributed by atoms with Crippen molar-refractivity contribution >= 4 is 22.5 Å². The molecule has 1 aromatic heterocycles. The Balaban J connectivity index is 2.23. The minimum absolute atomic E-state index is 0.0253. The van der Waals surface area contributed by atoms with Crippen LogP contribution in [-0.2, 0) is 0 Å². The molecule has 0 unspecified atom stereocenters. The molecule has 7 nitrogen and oxygen atoms in total. The average Bonchev–Trinajstić information content (AvgIpc) is 2.70. The summed E-state index contributed by atoms with van der Waals surface area (Å²) in [5.41, 5.74) is -0.125. The van der Waals surface area contributed by atoms with Crippen LogP contribution in [0.1, 0.15) is 40.3 Å². The number of carboxylic acid groups (broad SMARTS) is 1. The number of benzene rings is 2. The van der Waals surface area contributed by atoms with Crippen molar-refractivity contribution in [1.29, 1.82) is 0 Å². The highest BCUT2D eigenvalue weighted by atomic mass is 19.1. The number of methoxy groups -OCH3 is 2. The third-order valence-electron chi connectivity index (χ3n) is 4.34. The van der Waals surface area contributed by atoms with E-state index in [0.717, 1.165) is 12.3 Å². The van der Waals surface area contributed by atoms with Crippen LogP contribution in [0.5, 0.6) is 17.2 Å². The fraction of sp³-hybridized carbons (Fsp3) is 0.227. The zero-order chi connectivity index (χ0) is 22.0. The van der Waals surface area contributed by atoms with Crippen LogP contribution >= 0.6 is 0 Å². The van der Waals surface area contributed by atoms with E-state index in [1.165, 1.54) is 38.5 Å². The Hall–Kier alpha value is -3.68. The number of hydrogen-bond acceptors (Lipinski definition) is 6. The Morgan fingerprint density at radius 3 is 2.20 bits per heavy atom. The van der Waals surface area contributed by atoms with Crippen molar-refractivity contribution in [3.05, 3.63) is 59.2 Å². The fourth-order valence-corrected chi connectivity index (χ4v) is 3.09. The number of ketones is 1. The molecule has 2 aromatic carbocycles. The first-order valence-corrected chi connectivity index (χ1v) is 9.05. The molecule has 0 amide bonds. The number of fused-ring (bicyclic) bond motifs is 1. The maximum atomic E-state index is 14.1. The summed E-state index contributed by atoms with van der Waals surface area (Å²) in [6, 6.07) is 6.63. The third-order valence-corrected chi connectivity index (χ3v) is 4.34. The van der Waals surface area contributed by atoms with Crippen LogP contribution < -0.4 is 14.2 Å². The number of hydrogen-bond donors (Lipinski definition) is 1. The summed E-state index contributed by atoms with van der Waals surface area (Å²) in [5, 5.41) is 10.0. The molecule has 156 valence electrons. The van der Waals surface area contributed by atoms with Gasteiger partial charge in [-0.3, -0.25) is 9.78 Å². The number of carbonyl (C=O) groups is 2. The minimum atomic E-state index is -1.21. The van der Waals surface area contributed by atoms with Gasteiger partial charge in [-0.05, 0) is 38.1 Å². The van der Waals surface area contributed by atoms with Crippen LogP contribution in [0.4, 0.5) is 4.39 Å². The maximum Gasteiger partial charge on any atom is 0.337 e. The number of ether oxygens (including phenoxy) is 3. The molecule has 0 radical (unpaired) electrons. The highest BCUT2D eigenvalue weighted by molar-refractivity contribution is 6.18. The maximum absolute atomic E-state index is 14.1. The van der Waals surface area contributed by atoms with Gasteiger partial charge < -0.3 is 19.3 Å². The number of aromatic nitrogens is 1. The quantitative estimate of drug-likeness (QED) is 0.583. The first-order chi connectivity index (χ1) is 14.2. The first kappa shape index (κ1) is 21.0. The topological polar surface area (TPSA) is 95.0 Å². The molecule has 0 aliphatic carbocycles. The van der Waals surface area contributed by atoms with E-state index in [2.05, 4.69) is 4.98 Å². The Bertz CT molecular complexity index is 1140. The van der Waals surface area contributed by atoms with Crippen LogP contribution in [0.15, 0.2) is 36.5 Å². The monoisotopic (exact) mass is 413 g/mol. The summed E-state index contributed by atoms with van der Waals surface area (Å²) in [5.74, 6) is -1.63. The van der Waals surface area contributed by atoms with Crippen LogP contribution in [0.2, 0.25) is 0 Å². The fourth-order valence-electron chi connectivity index (χ4n) is 3.09. The van der Waals surface area contributed by atoms with E-state index in [1.807, 2.05) is 0 Å². The molecule has 0 fully saturated rings. The first-order valence-electron chi connectivity index (χ1n) is 9.05. The number of aromatic carboxylic acids is 1. The molecule has 0 spiro atoms. The number of rotatable bonds is 7. The van der Waals surface area contributed by atoms with E-state index >= 15 is 0 Å². The molecular formula is C22H20FNO6. The Labute approximate surface area is 172 Å². The molecule has 1 N–H and O–H groups in total. The predicted octanol–water partition coefficient (Wildman–Crippen LogP) is 4.11. The molecule has 8 heteroatoms. The molecule has 0 saturated carbocycles. The second kappa shape index (κ2) is 8.36. The summed E-state index contributed by atoms with van der Waals surface area (Å²) in [6.07, 6.45) is 0.884. The van der Waals surface area contributed by atoms with Crippen LogP contribution in [0, 0.1) is 5.82 Å². The minimum Gasteiger partial charge on any atom is -0.493 e. The smallest absolute Gasteiger partial charge is 0.337 e. The molecule has 30 heavy (non-hydrogen) atoms. The second-order valence-corrected chi connectivity index (χ2v) is 6.75. The third kappa shape index (κ3) is 4.03. The second-order valence-electron chi connectivity index (χ2n) is 6.75. The standard InChI is InChI=1S/C22H20FNO6/c1-11(2)30-14-6-12(5-13(23)7-14)21(25)20-16-9-19(29-4)18(28-3)8-15(16)17(10-24-20)22(26)27/h5-11H,1-4H3,(H,26,27). The van der Waals surface area contributed by atoms with Crippen molar-refractivity contribution in [2.24, 2.45) is 0 Å². The lowest BCUT2D eigenvalue weighted by atomic mass is 9.99. The van der Waals surface area contributed by atoms with Crippen molar-refractivity contribution in [3.8, 4) is 17.2 Å². The van der Waals surface area contributed by atoms with Crippen molar-refractivity contribution in [3.63, 3.8) is 0 Å². The van der Waals surface area contributed by atoms with Crippen molar-refractivity contribution in [2.45, 2.75) is 20.0 Å². The lowest BCUT2D eigenvalue weighted by molar-refractivity contribution is 0.0698. The van der Waals surface area contributed by atoms with Gasteiger partial charge in [0.25, 0.3) is 0 Å². The molecule has 3 rings (SSSR count). The van der Waals surface area contributed by atoms with Gasteiger partial charge in [0.2, 0.25) is 5.78 Å². The Kier molecular flexibility index (Phi) is 5.86. The summed E-state index contributed by atoms with van der Waals surface area (Å²) < 4.78 is 30.1. The Morgan fingerprint density at radius 2 is 1.63 bits per heavy atom. The lowest BCUT2D eigenvalue weighted by Gasteiger charge is -2.14. The highest BCUT2D eigenvalue weighted by Gasteiger charge is 2.22. The van der Waals surface area contributed by atoms with Crippen molar-refractivity contribution < 1.29 is 33.3 Å². The van der Waals surface area contributed by atoms with Gasteiger partial charge in [0.1, 0.15) is 17.3 Å². The molecule has 3 aromatic rings. The Morgan fingerprint density at radius 1 is 1.00 bits per heavy atom. The molecule has 0 aliphatic rings. The SMILES string of the molecule is COc1cc2c(C(=O)O)cnc(C(=O)c3cc(F)cc(OC(C)C)c3)c2cc1OC. The van der Waals surface area contributed by atoms with E-state index < -0.39 is 17.6 Å². The van der Waals surface area contributed by atoms with Crippen molar-refractivity contribution in [2.75, 3.05) is 14.2 Å². The number of halogens is 1. The number of nitrogens with zero attached hydrogens (tertiary/aromatic N) is 1. The normalized spacial score (nSPS) is 10.9. The van der Waals surface area contributed by atoms with E-state index in [9.17, 15) is 19.1 Å².